The molecule has 3 nitrogen and oxygen atoms in total. The van der Waals surface area contributed by atoms with E-state index in [0.717, 1.165) is 31.9 Å². The lowest BCUT2D eigenvalue weighted by molar-refractivity contribution is -0.109. The van der Waals surface area contributed by atoms with Gasteiger partial charge < -0.3 is 9.64 Å². The molecule has 0 N–H and O–H groups in total. The number of nitrogens with zero attached hydrogens (tertiary/aromatic N) is 1. The first-order valence-electron chi connectivity index (χ1n) is 6.31. The van der Waals surface area contributed by atoms with Gasteiger partial charge in [-0.3, -0.25) is 4.79 Å². The predicted molar refractivity (Wildman–Crippen MR) is 79.5 cm³/mol. The molecule has 1 heterocycles. The number of morpholine rings is 1. The number of carbonyl (C=O) groups is 1. The highest BCUT2D eigenvalue weighted by atomic mass is 32.2. The van der Waals surface area contributed by atoms with E-state index >= 15 is 0 Å². The van der Waals surface area contributed by atoms with Gasteiger partial charge in [0.15, 0.2) is 5.12 Å². The van der Waals surface area contributed by atoms with Gasteiger partial charge >= 0.3 is 0 Å². The number of hydrogen-bond donors (Lipinski definition) is 0. The van der Waals surface area contributed by atoms with Crippen LogP contribution in [0.2, 0.25) is 0 Å². The number of anilines is 1. The van der Waals surface area contributed by atoms with Crippen LogP contribution in [-0.2, 0) is 9.53 Å². The fraction of sp³-hybridized carbons (Fsp3) is 0.400. The van der Waals surface area contributed by atoms with Crippen molar-refractivity contribution in [2.45, 2.75) is 6.92 Å². The number of ether oxygens (including phenoxy) is 1. The maximum Gasteiger partial charge on any atom is 0.186 e. The molecule has 0 aliphatic carbocycles. The van der Waals surface area contributed by atoms with Crippen LogP contribution >= 0.6 is 11.8 Å². The quantitative estimate of drug-likeness (QED) is 0.774. The Balaban J connectivity index is 1.92. The molecule has 4 heteroatoms. The van der Waals surface area contributed by atoms with Crippen molar-refractivity contribution in [1.29, 1.82) is 0 Å². The average molecular weight is 275 g/mol. The summed E-state index contributed by atoms with van der Waals surface area (Å²) < 4.78 is 5.34. The Morgan fingerprint density at radius 3 is 2.63 bits per heavy atom. The third kappa shape index (κ3) is 4.62. The van der Waals surface area contributed by atoms with Crippen LogP contribution in [0.5, 0.6) is 0 Å². The van der Waals surface area contributed by atoms with Gasteiger partial charge in [0.25, 0.3) is 0 Å². The molecule has 1 aromatic rings. The van der Waals surface area contributed by atoms with E-state index in [2.05, 4.69) is 28.9 Å². The molecule has 0 aromatic heterocycles. The van der Waals surface area contributed by atoms with Crippen LogP contribution < -0.4 is 4.90 Å². The van der Waals surface area contributed by atoms with Crippen LogP contribution in [-0.4, -0.2) is 37.2 Å². The Kier molecular flexibility index (Phi) is 5.31. The second-order valence-corrected chi connectivity index (χ2v) is 5.38. The molecule has 0 amide bonds. The molecule has 1 fully saturated rings. The Morgan fingerprint density at radius 1 is 1.32 bits per heavy atom. The standard InChI is InChI=1S/C15H17NO2S/c1-13(17)19-12-2-3-14-4-6-15(7-5-14)16-8-10-18-11-9-16/h4-7H,8-12H2,1H3. The minimum Gasteiger partial charge on any atom is -0.378 e. The second kappa shape index (κ2) is 7.22. The second-order valence-electron chi connectivity index (χ2n) is 4.23. The number of hydrogen-bond acceptors (Lipinski definition) is 4. The molecule has 1 saturated heterocycles. The summed E-state index contributed by atoms with van der Waals surface area (Å²) in [4.78, 5) is 13.1. The third-order valence-electron chi connectivity index (χ3n) is 2.82. The maximum atomic E-state index is 10.8. The van der Waals surface area contributed by atoms with E-state index in [0.29, 0.717) is 5.75 Å². The van der Waals surface area contributed by atoms with Gasteiger partial charge in [0.1, 0.15) is 0 Å². The Bertz CT molecular complexity index is 481. The zero-order valence-electron chi connectivity index (χ0n) is 11.0. The molecule has 2 rings (SSSR count). The SMILES string of the molecule is CC(=O)SCC#Cc1ccc(N2CCOCC2)cc1. The van der Waals surface area contributed by atoms with Gasteiger partial charge in [-0.25, -0.2) is 0 Å². The summed E-state index contributed by atoms with van der Waals surface area (Å²) in [5.74, 6) is 6.61. The largest absolute Gasteiger partial charge is 0.378 e. The molecule has 0 spiro atoms. The van der Waals surface area contributed by atoms with Crippen molar-refractivity contribution in [3.63, 3.8) is 0 Å². The Labute approximate surface area is 118 Å². The normalized spacial score (nSPS) is 14.7. The average Bonchev–Trinajstić information content (AvgIpc) is 2.45. The Hall–Kier alpha value is -1.44. The van der Waals surface area contributed by atoms with Gasteiger partial charge in [0.05, 0.1) is 19.0 Å². The minimum absolute atomic E-state index is 0.108. The summed E-state index contributed by atoms with van der Waals surface area (Å²) in [5.41, 5.74) is 2.20. The summed E-state index contributed by atoms with van der Waals surface area (Å²) in [6.45, 7) is 5.04. The first kappa shape index (κ1) is 14.0. The minimum atomic E-state index is 0.108. The summed E-state index contributed by atoms with van der Waals surface area (Å²) >= 11 is 1.24. The van der Waals surface area contributed by atoms with Crippen molar-refractivity contribution in [3.8, 4) is 11.8 Å². The highest BCUT2D eigenvalue weighted by molar-refractivity contribution is 8.13. The van der Waals surface area contributed by atoms with E-state index in [1.54, 1.807) is 6.92 Å². The molecule has 1 aliphatic rings. The van der Waals surface area contributed by atoms with Gasteiger partial charge in [-0.2, -0.15) is 0 Å². The van der Waals surface area contributed by atoms with Gasteiger partial charge in [-0.15, -0.1) is 0 Å². The lowest BCUT2D eigenvalue weighted by Gasteiger charge is -2.28. The summed E-state index contributed by atoms with van der Waals surface area (Å²) in [7, 11) is 0. The van der Waals surface area contributed by atoms with Gasteiger partial charge in [0, 0.05) is 31.3 Å². The summed E-state index contributed by atoms with van der Waals surface area (Å²) in [6, 6.07) is 8.23. The van der Waals surface area contributed by atoms with E-state index in [-0.39, 0.29) is 5.12 Å². The number of benzene rings is 1. The van der Waals surface area contributed by atoms with Gasteiger partial charge in [0.2, 0.25) is 0 Å². The Morgan fingerprint density at radius 2 is 2.00 bits per heavy atom. The number of thioether (sulfide) groups is 1. The smallest absolute Gasteiger partial charge is 0.186 e. The fourth-order valence-electron chi connectivity index (χ4n) is 1.85. The molecule has 1 aliphatic heterocycles. The van der Waals surface area contributed by atoms with E-state index < -0.39 is 0 Å². The van der Waals surface area contributed by atoms with Crippen molar-refractivity contribution >= 4 is 22.6 Å². The molecule has 0 bridgehead atoms. The number of carbonyl (C=O) groups excluding carboxylic acids is 1. The summed E-state index contributed by atoms with van der Waals surface area (Å²) in [6.07, 6.45) is 0. The van der Waals surface area contributed by atoms with Crippen molar-refractivity contribution < 1.29 is 9.53 Å². The van der Waals surface area contributed by atoms with Crippen molar-refractivity contribution in [2.24, 2.45) is 0 Å². The van der Waals surface area contributed by atoms with Crippen LogP contribution in [0.4, 0.5) is 5.69 Å². The molecule has 100 valence electrons. The van der Waals surface area contributed by atoms with Crippen LogP contribution in [0.3, 0.4) is 0 Å². The van der Waals surface area contributed by atoms with Crippen LogP contribution in [0.15, 0.2) is 24.3 Å². The molecule has 0 radical (unpaired) electrons. The fourth-order valence-corrected chi connectivity index (χ4v) is 2.20. The molecular weight excluding hydrogens is 258 g/mol. The van der Waals surface area contributed by atoms with E-state index in [9.17, 15) is 4.79 Å². The van der Waals surface area contributed by atoms with E-state index in [4.69, 9.17) is 4.74 Å². The zero-order valence-corrected chi connectivity index (χ0v) is 11.8. The molecule has 19 heavy (non-hydrogen) atoms. The highest BCUT2D eigenvalue weighted by Crippen LogP contribution is 2.16. The molecule has 0 unspecified atom stereocenters. The first-order chi connectivity index (χ1) is 9.25. The maximum absolute atomic E-state index is 10.8. The predicted octanol–water partition coefficient (Wildman–Crippen LogP) is 2.15. The van der Waals surface area contributed by atoms with Gasteiger partial charge in [-0.1, -0.05) is 23.6 Å². The van der Waals surface area contributed by atoms with Crippen LogP contribution in [0, 0.1) is 11.8 Å². The molecule has 1 aromatic carbocycles. The summed E-state index contributed by atoms with van der Waals surface area (Å²) in [5, 5.41) is 0.108. The van der Waals surface area contributed by atoms with Crippen LogP contribution in [0.25, 0.3) is 0 Å². The van der Waals surface area contributed by atoms with Crippen molar-refractivity contribution in [1.82, 2.24) is 0 Å². The van der Waals surface area contributed by atoms with Gasteiger partial charge in [-0.05, 0) is 24.3 Å². The highest BCUT2D eigenvalue weighted by Gasteiger charge is 2.10. The van der Waals surface area contributed by atoms with E-state index in [1.807, 2.05) is 12.1 Å². The van der Waals surface area contributed by atoms with Crippen LogP contribution in [0.1, 0.15) is 12.5 Å². The first-order valence-corrected chi connectivity index (χ1v) is 7.29. The molecule has 0 atom stereocenters. The lowest BCUT2D eigenvalue weighted by Crippen LogP contribution is -2.36. The molecule has 0 saturated carbocycles. The number of rotatable bonds is 2. The monoisotopic (exact) mass is 275 g/mol. The zero-order chi connectivity index (χ0) is 13.5. The topological polar surface area (TPSA) is 29.5 Å². The van der Waals surface area contributed by atoms with Crippen molar-refractivity contribution in [3.05, 3.63) is 29.8 Å². The lowest BCUT2D eigenvalue weighted by atomic mass is 10.2. The van der Waals surface area contributed by atoms with E-state index in [1.165, 1.54) is 17.4 Å². The van der Waals surface area contributed by atoms with Crippen molar-refractivity contribution in [2.75, 3.05) is 37.0 Å². The molecular formula is C15H17NO2S. The third-order valence-corrected chi connectivity index (χ3v) is 3.52.